The summed E-state index contributed by atoms with van der Waals surface area (Å²) in [5, 5.41) is 6.88. The molecule has 104 valence electrons. The Morgan fingerprint density at radius 1 is 1.53 bits per heavy atom. The van der Waals surface area contributed by atoms with E-state index < -0.39 is 0 Å². The maximum Gasteiger partial charge on any atom is 0.225 e. The number of nitrogens with zero attached hydrogens (tertiary/aromatic N) is 3. The fourth-order valence-corrected chi connectivity index (χ4v) is 2.39. The molecule has 1 N–H and O–H groups in total. The lowest BCUT2D eigenvalue weighted by atomic mass is 10.1. The van der Waals surface area contributed by atoms with E-state index in [0.717, 1.165) is 5.69 Å². The van der Waals surface area contributed by atoms with Gasteiger partial charge in [-0.3, -0.25) is 14.3 Å². The van der Waals surface area contributed by atoms with Gasteiger partial charge in [0.1, 0.15) is 0 Å². The van der Waals surface area contributed by atoms with Crippen LogP contribution in [0.4, 0.5) is 0 Å². The summed E-state index contributed by atoms with van der Waals surface area (Å²) in [6.07, 6.45) is 2.06. The lowest BCUT2D eigenvalue weighted by molar-refractivity contribution is -0.137. The smallest absolute Gasteiger partial charge is 0.225 e. The number of amides is 2. The van der Waals surface area contributed by atoms with Gasteiger partial charge in [-0.25, -0.2) is 0 Å². The van der Waals surface area contributed by atoms with E-state index in [1.165, 1.54) is 0 Å². The van der Waals surface area contributed by atoms with Crippen LogP contribution in [0.3, 0.4) is 0 Å². The van der Waals surface area contributed by atoms with Crippen molar-refractivity contribution in [1.29, 1.82) is 0 Å². The summed E-state index contributed by atoms with van der Waals surface area (Å²) in [6.45, 7) is 4.89. The Labute approximate surface area is 112 Å². The molecule has 2 amide bonds. The summed E-state index contributed by atoms with van der Waals surface area (Å²) in [4.78, 5) is 25.5. The van der Waals surface area contributed by atoms with Gasteiger partial charge in [-0.15, -0.1) is 0 Å². The fourth-order valence-electron chi connectivity index (χ4n) is 2.39. The Kier molecular flexibility index (Phi) is 3.87. The molecular weight excluding hydrogens is 244 g/mol. The van der Waals surface area contributed by atoms with Crippen molar-refractivity contribution in [3.05, 3.63) is 18.0 Å². The van der Waals surface area contributed by atoms with Crippen molar-refractivity contribution in [2.45, 2.75) is 32.9 Å². The van der Waals surface area contributed by atoms with Crippen LogP contribution in [0.2, 0.25) is 0 Å². The topological polar surface area (TPSA) is 67.2 Å². The predicted octanol–water partition coefficient (Wildman–Crippen LogP) is 0.558. The van der Waals surface area contributed by atoms with E-state index in [4.69, 9.17) is 0 Å². The molecule has 6 nitrogen and oxygen atoms in total. The van der Waals surface area contributed by atoms with Crippen molar-refractivity contribution in [2.24, 2.45) is 5.92 Å². The monoisotopic (exact) mass is 264 g/mol. The first-order valence-corrected chi connectivity index (χ1v) is 6.54. The number of hydrogen-bond acceptors (Lipinski definition) is 3. The summed E-state index contributed by atoms with van der Waals surface area (Å²) >= 11 is 0. The molecule has 0 saturated heterocycles. The minimum Gasteiger partial charge on any atom is -0.359 e. The Bertz CT molecular complexity index is 481. The number of fused-ring (bicyclic) bond motifs is 1. The number of carbonyl (C=O) groups is 2. The molecule has 1 aromatic rings. The third-order valence-electron chi connectivity index (χ3n) is 3.39. The van der Waals surface area contributed by atoms with Gasteiger partial charge in [0.05, 0.1) is 24.7 Å². The minimum absolute atomic E-state index is 0.0323. The second-order valence-corrected chi connectivity index (χ2v) is 5.17. The fraction of sp³-hybridized carbons (Fsp3) is 0.615. The Hall–Kier alpha value is -1.85. The van der Waals surface area contributed by atoms with Gasteiger partial charge in [0, 0.05) is 25.7 Å². The first-order valence-electron chi connectivity index (χ1n) is 6.54. The molecule has 0 aromatic carbocycles. The molecule has 1 aromatic heterocycles. The maximum atomic E-state index is 12.1. The lowest BCUT2D eigenvalue weighted by Gasteiger charge is -2.34. The highest BCUT2D eigenvalue weighted by molar-refractivity contribution is 5.79. The summed E-state index contributed by atoms with van der Waals surface area (Å²) in [6, 6.07) is 1.82. The van der Waals surface area contributed by atoms with Crippen LogP contribution in [-0.2, 0) is 16.1 Å². The van der Waals surface area contributed by atoms with Crippen LogP contribution in [0.5, 0.6) is 0 Å². The molecule has 0 aliphatic carbocycles. The molecule has 1 aliphatic heterocycles. The maximum absolute atomic E-state index is 12.1. The number of nitrogens with one attached hydrogen (secondary N) is 1. The van der Waals surface area contributed by atoms with Crippen molar-refractivity contribution >= 4 is 11.8 Å². The first-order chi connectivity index (χ1) is 9.02. The largest absolute Gasteiger partial charge is 0.359 e. The molecule has 2 rings (SSSR count). The van der Waals surface area contributed by atoms with Gasteiger partial charge in [0.2, 0.25) is 11.8 Å². The Balaban J connectivity index is 2.19. The molecule has 0 fully saturated rings. The van der Waals surface area contributed by atoms with Crippen LogP contribution in [0.25, 0.3) is 0 Å². The van der Waals surface area contributed by atoms with Crippen LogP contribution < -0.4 is 5.32 Å². The van der Waals surface area contributed by atoms with Crippen LogP contribution >= 0.6 is 0 Å². The lowest BCUT2D eigenvalue weighted by Crippen LogP contribution is -2.44. The van der Waals surface area contributed by atoms with Gasteiger partial charge >= 0.3 is 0 Å². The quantitative estimate of drug-likeness (QED) is 0.867. The van der Waals surface area contributed by atoms with Gasteiger partial charge in [-0.05, 0) is 6.07 Å². The first kappa shape index (κ1) is 13.6. The molecule has 19 heavy (non-hydrogen) atoms. The molecule has 1 aliphatic rings. The summed E-state index contributed by atoms with van der Waals surface area (Å²) < 4.78 is 1.86. The SMILES string of the molecule is CNC(=O)C[C@H]1CN(C(=O)C(C)C)Cc2ccnn21. The van der Waals surface area contributed by atoms with Crippen molar-refractivity contribution in [3.8, 4) is 0 Å². The molecule has 0 saturated carbocycles. The summed E-state index contributed by atoms with van der Waals surface area (Å²) in [5.74, 6) is 0.0507. The zero-order chi connectivity index (χ0) is 14.0. The molecule has 0 bridgehead atoms. The summed E-state index contributed by atoms with van der Waals surface area (Å²) in [7, 11) is 1.62. The molecule has 0 unspecified atom stereocenters. The zero-order valence-electron chi connectivity index (χ0n) is 11.6. The highest BCUT2D eigenvalue weighted by Crippen LogP contribution is 2.24. The van der Waals surface area contributed by atoms with Crippen LogP contribution in [0, 0.1) is 5.92 Å². The third kappa shape index (κ3) is 2.77. The number of rotatable bonds is 3. The average Bonchev–Trinajstić information content (AvgIpc) is 2.85. The van der Waals surface area contributed by atoms with Crippen LogP contribution in [0.1, 0.15) is 32.0 Å². The van der Waals surface area contributed by atoms with E-state index in [1.807, 2.05) is 29.5 Å². The summed E-state index contributed by atoms with van der Waals surface area (Å²) in [5.41, 5.74) is 0.981. The predicted molar refractivity (Wildman–Crippen MR) is 70.2 cm³/mol. The highest BCUT2D eigenvalue weighted by atomic mass is 16.2. The molecule has 0 radical (unpaired) electrons. The number of carbonyl (C=O) groups excluding carboxylic acids is 2. The minimum atomic E-state index is -0.0820. The van der Waals surface area contributed by atoms with Crippen LogP contribution in [-0.4, -0.2) is 40.1 Å². The van der Waals surface area contributed by atoms with E-state index in [9.17, 15) is 9.59 Å². The highest BCUT2D eigenvalue weighted by Gasteiger charge is 2.30. The number of hydrogen-bond donors (Lipinski definition) is 1. The van der Waals surface area contributed by atoms with E-state index in [2.05, 4.69) is 10.4 Å². The third-order valence-corrected chi connectivity index (χ3v) is 3.39. The van der Waals surface area contributed by atoms with E-state index >= 15 is 0 Å². The molecule has 0 spiro atoms. The van der Waals surface area contributed by atoms with Gasteiger partial charge in [0.15, 0.2) is 0 Å². The van der Waals surface area contributed by atoms with Crippen LogP contribution in [0.15, 0.2) is 12.3 Å². The molecule has 6 heteroatoms. The van der Waals surface area contributed by atoms with E-state index in [0.29, 0.717) is 19.5 Å². The molecule has 2 heterocycles. The van der Waals surface area contributed by atoms with Crippen molar-refractivity contribution in [3.63, 3.8) is 0 Å². The normalized spacial score (nSPS) is 18.3. The second kappa shape index (κ2) is 5.42. The van der Waals surface area contributed by atoms with Crippen molar-refractivity contribution in [2.75, 3.05) is 13.6 Å². The van der Waals surface area contributed by atoms with Crippen molar-refractivity contribution < 1.29 is 9.59 Å². The average molecular weight is 264 g/mol. The Morgan fingerprint density at radius 3 is 2.89 bits per heavy atom. The molecular formula is C13H20N4O2. The van der Waals surface area contributed by atoms with E-state index in [1.54, 1.807) is 13.2 Å². The van der Waals surface area contributed by atoms with Gasteiger partial charge < -0.3 is 10.2 Å². The zero-order valence-corrected chi connectivity index (χ0v) is 11.6. The number of aromatic nitrogens is 2. The Morgan fingerprint density at radius 2 is 2.26 bits per heavy atom. The van der Waals surface area contributed by atoms with Gasteiger partial charge in [0.25, 0.3) is 0 Å². The van der Waals surface area contributed by atoms with Crippen molar-refractivity contribution in [1.82, 2.24) is 20.0 Å². The molecule has 1 atom stereocenters. The van der Waals surface area contributed by atoms with Gasteiger partial charge in [-0.1, -0.05) is 13.8 Å². The van der Waals surface area contributed by atoms with Gasteiger partial charge in [-0.2, -0.15) is 5.10 Å². The second-order valence-electron chi connectivity index (χ2n) is 5.17. The standard InChI is InChI=1S/C13H20N4O2/c1-9(2)13(19)16-7-10-4-5-15-17(10)11(8-16)6-12(18)14-3/h4-5,9,11H,6-8H2,1-3H3,(H,14,18)/t11-/m0/s1. The van der Waals surface area contributed by atoms with E-state index in [-0.39, 0.29) is 23.8 Å².